The fourth-order valence-electron chi connectivity index (χ4n) is 5.06. The molecule has 4 rings (SSSR count). The lowest BCUT2D eigenvalue weighted by Gasteiger charge is -2.39. The van der Waals surface area contributed by atoms with Crippen molar-refractivity contribution in [3.8, 4) is 0 Å². The van der Waals surface area contributed by atoms with Gasteiger partial charge in [0, 0.05) is 18.7 Å². The van der Waals surface area contributed by atoms with Gasteiger partial charge in [0.15, 0.2) is 0 Å². The van der Waals surface area contributed by atoms with E-state index in [0.717, 1.165) is 18.2 Å². The van der Waals surface area contributed by atoms with Gasteiger partial charge in [-0.1, -0.05) is 24.3 Å². The Balaban J connectivity index is 1.50. The van der Waals surface area contributed by atoms with Gasteiger partial charge < -0.3 is 10.6 Å². The van der Waals surface area contributed by atoms with Crippen molar-refractivity contribution >= 4 is 27.7 Å². The van der Waals surface area contributed by atoms with Gasteiger partial charge in [0.1, 0.15) is 0 Å². The predicted octanol–water partition coefficient (Wildman–Crippen LogP) is 6.34. The molecule has 1 fully saturated rings. The first-order valence-corrected chi connectivity index (χ1v) is 15.1. The molecule has 1 aliphatic heterocycles. The van der Waals surface area contributed by atoms with Crippen molar-refractivity contribution in [3.63, 3.8) is 0 Å². The number of nitrogens with zero attached hydrogens (tertiary/aromatic N) is 1. The lowest BCUT2D eigenvalue weighted by molar-refractivity contribution is -0.143. The Morgan fingerprint density at radius 1 is 0.787 bits per heavy atom. The van der Waals surface area contributed by atoms with Gasteiger partial charge in [0.2, 0.25) is 0 Å². The van der Waals surface area contributed by atoms with E-state index in [2.05, 4.69) is 0 Å². The molecule has 47 heavy (non-hydrogen) atoms. The summed E-state index contributed by atoms with van der Waals surface area (Å²) in [5.41, 5.74) is 0.498. The normalized spacial score (nSPS) is 16.2. The van der Waals surface area contributed by atoms with Gasteiger partial charge in [-0.2, -0.15) is 52.7 Å². The second kappa shape index (κ2) is 13.1. The van der Waals surface area contributed by atoms with E-state index in [-0.39, 0.29) is 29.4 Å². The first-order valence-electron chi connectivity index (χ1n) is 13.6. The molecule has 254 valence electrons. The molecule has 0 spiro atoms. The standard InChI is InChI=1S/C29H25F9N4O4S/c30-27(31,32)19-8-9-22(25(39)43)24(14-19)42-10-2-1-3-23(42)17-6-4-16(5-7-17)15-40-47(45,46)41-26(44)18-11-20(28(33,34)35)13-21(12-18)29(36,37)38/h4-9,11-14,23,40H,1-3,10,15H2,(H2,39,43)(H,41,44). The second-order valence-electron chi connectivity index (χ2n) is 10.6. The SMILES string of the molecule is NC(=O)c1ccc(C(F)(F)F)cc1N1CCCCC1c1ccc(CNS(=O)(=O)NC(=O)c2cc(C(F)(F)F)cc(C(F)(F)F)c2)cc1. The van der Waals surface area contributed by atoms with Crippen LogP contribution >= 0.6 is 0 Å². The molecule has 0 saturated carbocycles. The molecular formula is C29H25F9N4O4S. The summed E-state index contributed by atoms with van der Waals surface area (Å²) in [5.74, 6) is -2.66. The zero-order valence-electron chi connectivity index (χ0n) is 23.9. The summed E-state index contributed by atoms with van der Waals surface area (Å²) in [4.78, 5) is 26.1. The highest BCUT2D eigenvalue weighted by Crippen LogP contribution is 2.40. The molecule has 0 radical (unpaired) electrons. The van der Waals surface area contributed by atoms with Gasteiger partial charge >= 0.3 is 28.7 Å². The molecule has 1 heterocycles. The van der Waals surface area contributed by atoms with E-state index in [1.807, 2.05) is 4.72 Å². The summed E-state index contributed by atoms with van der Waals surface area (Å²) in [5, 5.41) is 0. The van der Waals surface area contributed by atoms with Crippen LogP contribution in [0.15, 0.2) is 60.7 Å². The maximum absolute atomic E-state index is 13.5. The van der Waals surface area contributed by atoms with Gasteiger partial charge in [0.05, 0.1) is 34.0 Å². The number of piperidine rings is 1. The minimum atomic E-state index is -5.26. The molecule has 4 N–H and O–H groups in total. The van der Waals surface area contributed by atoms with Crippen molar-refractivity contribution in [2.24, 2.45) is 5.73 Å². The summed E-state index contributed by atoms with van der Waals surface area (Å²) in [6.45, 7) is -0.156. The highest BCUT2D eigenvalue weighted by molar-refractivity contribution is 7.88. The maximum Gasteiger partial charge on any atom is 0.416 e. The summed E-state index contributed by atoms with van der Waals surface area (Å²) in [6, 6.07) is 8.19. The number of nitrogens with two attached hydrogens (primary N) is 1. The van der Waals surface area contributed by atoms with E-state index < -0.39 is 75.4 Å². The van der Waals surface area contributed by atoms with Crippen LogP contribution in [-0.2, 0) is 35.3 Å². The minimum Gasteiger partial charge on any atom is -0.366 e. The number of primary amides is 1. The fraction of sp³-hybridized carbons (Fsp3) is 0.310. The topological polar surface area (TPSA) is 122 Å². The highest BCUT2D eigenvalue weighted by atomic mass is 32.2. The summed E-state index contributed by atoms with van der Waals surface area (Å²) in [6.07, 6.45) is -13.4. The van der Waals surface area contributed by atoms with Crippen molar-refractivity contribution in [2.75, 3.05) is 11.4 Å². The van der Waals surface area contributed by atoms with E-state index in [4.69, 9.17) is 5.73 Å². The molecule has 0 aliphatic carbocycles. The third-order valence-electron chi connectivity index (χ3n) is 7.31. The smallest absolute Gasteiger partial charge is 0.366 e. The van der Waals surface area contributed by atoms with Crippen LogP contribution in [0.3, 0.4) is 0 Å². The van der Waals surface area contributed by atoms with Crippen molar-refractivity contribution in [2.45, 2.75) is 50.4 Å². The lowest BCUT2D eigenvalue weighted by atomic mass is 9.92. The Kier molecular flexibility index (Phi) is 9.87. The minimum absolute atomic E-state index is 0.00716. The van der Waals surface area contributed by atoms with E-state index in [1.165, 1.54) is 16.9 Å². The first-order chi connectivity index (χ1) is 21.7. The number of rotatable bonds is 8. The van der Waals surface area contributed by atoms with Gasteiger partial charge in [-0.15, -0.1) is 0 Å². The number of carbonyl (C=O) groups excluding carboxylic acids is 2. The van der Waals surface area contributed by atoms with Gasteiger partial charge in [-0.3, -0.25) is 9.59 Å². The maximum atomic E-state index is 13.5. The highest BCUT2D eigenvalue weighted by Gasteiger charge is 2.38. The number of alkyl halides is 9. The van der Waals surface area contributed by atoms with Crippen LogP contribution < -0.4 is 20.1 Å². The Bertz CT molecular complexity index is 1720. The number of carbonyl (C=O) groups is 2. The Hall–Kier alpha value is -4.32. The number of nitrogens with one attached hydrogen (secondary N) is 2. The average molecular weight is 697 g/mol. The van der Waals surface area contributed by atoms with Crippen LogP contribution in [0.5, 0.6) is 0 Å². The number of halogens is 9. The third kappa shape index (κ3) is 8.73. The zero-order chi connectivity index (χ0) is 34.9. The Morgan fingerprint density at radius 3 is 1.89 bits per heavy atom. The summed E-state index contributed by atoms with van der Waals surface area (Å²) < 4.78 is 147. The number of anilines is 1. The molecule has 3 aromatic rings. The Morgan fingerprint density at radius 2 is 1.36 bits per heavy atom. The van der Waals surface area contributed by atoms with E-state index in [9.17, 15) is 57.5 Å². The van der Waals surface area contributed by atoms with Crippen LogP contribution in [0.1, 0.15) is 73.8 Å². The largest absolute Gasteiger partial charge is 0.416 e. The first kappa shape index (κ1) is 35.5. The molecule has 18 heteroatoms. The average Bonchev–Trinajstić information content (AvgIpc) is 2.98. The van der Waals surface area contributed by atoms with Crippen molar-refractivity contribution < 1.29 is 57.5 Å². The zero-order valence-corrected chi connectivity index (χ0v) is 24.7. The number of hydrogen-bond donors (Lipinski definition) is 3. The molecule has 1 aliphatic rings. The van der Waals surface area contributed by atoms with E-state index in [0.29, 0.717) is 36.9 Å². The van der Waals surface area contributed by atoms with Crippen LogP contribution in [0, 0.1) is 0 Å². The number of hydrogen-bond acceptors (Lipinski definition) is 5. The molecule has 8 nitrogen and oxygen atoms in total. The van der Waals surface area contributed by atoms with Gasteiger partial charge in [-0.25, -0.2) is 4.72 Å². The van der Waals surface area contributed by atoms with Crippen molar-refractivity contribution in [1.29, 1.82) is 0 Å². The fourth-order valence-corrected chi connectivity index (χ4v) is 5.85. The molecule has 1 atom stereocenters. The van der Waals surface area contributed by atoms with Crippen LogP contribution in [-0.4, -0.2) is 26.8 Å². The van der Waals surface area contributed by atoms with Crippen molar-refractivity contribution in [3.05, 3.63) is 99.6 Å². The number of amides is 2. The molecule has 0 bridgehead atoms. The molecular weight excluding hydrogens is 671 g/mol. The monoisotopic (exact) mass is 696 g/mol. The summed E-state index contributed by atoms with van der Waals surface area (Å²) in [7, 11) is -4.78. The molecule has 1 saturated heterocycles. The summed E-state index contributed by atoms with van der Waals surface area (Å²) >= 11 is 0. The van der Waals surface area contributed by atoms with E-state index >= 15 is 0 Å². The quantitative estimate of drug-likeness (QED) is 0.238. The molecule has 3 aromatic carbocycles. The molecule has 2 amide bonds. The lowest BCUT2D eigenvalue weighted by Crippen LogP contribution is -2.40. The van der Waals surface area contributed by atoms with Crippen LogP contribution in [0.25, 0.3) is 0 Å². The van der Waals surface area contributed by atoms with Crippen LogP contribution in [0.2, 0.25) is 0 Å². The van der Waals surface area contributed by atoms with Crippen LogP contribution in [0.4, 0.5) is 45.2 Å². The number of benzene rings is 3. The third-order valence-corrected chi connectivity index (χ3v) is 8.29. The Labute approximate surface area is 261 Å². The van der Waals surface area contributed by atoms with Gasteiger partial charge in [0.25, 0.3) is 11.8 Å². The molecule has 1 unspecified atom stereocenters. The molecule has 0 aromatic heterocycles. The predicted molar refractivity (Wildman–Crippen MR) is 150 cm³/mol. The second-order valence-corrected chi connectivity index (χ2v) is 12.1. The van der Waals surface area contributed by atoms with E-state index in [1.54, 1.807) is 17.0 Å². The van der Waals surface area contributed by atoms with Gasteiger partial charge in [-0.05, 0) is 66.8 Å². The van der Waals surface area contributed by atoms with Crippen molar-refractivity contribution in [1.82, 2.24) is 9.44 Å².